The fraction of sp³-hybridized carbons (Fsp3) is 0.667. The third-order valence-corrected chi connectivity index (χ3v) is 4.00. The maximum absolute atomic E-state index is 14.4. The van der Waals surface area contributed by atoms with Crippen LogP contribution < -0.4 is 10.2 Å². The summed E-state index contributed by atoms with van der Waals surface area (Å²) in [6.45, 7) is 11.4. The zero-order valence-electron chi connectivity index (χ0n) is 13.8. The lowest BCUT2D eigenvalue weighted by Crippen LogP contribution is -2.35. The number of anilines is 1. The van der Waals surface area contributed by atoms with Crippen molar-refractivity contribution in [2.24, 2.45) is 11.8 Å². The van der Waals surface area contributed by atoms with Crippen LogP contribution in [0.1, 0.15) is 46.1 Å². The standard InChI is InChI=1S/C18H29FN2/c1-13(2)10-20-11-16-6-5-7-17(19)18(16)21(14(3)4)12-15-8-9-15/h5-7,13-15,20H,8-12H2,1-4H3. The van der Waals surface area contributed by atoms with Crippen LogP contribution in [0, 0.1) is 17.7 Å². The molecule has 0 radical (unpaired) electrons. The fourth-order valence-electron chi connectivity index (χ4n) is 2.66. The Labute approximate surface area is 128 Å². The molecule has 2 nitrogen and oxygen atoms in total. The Hall–Kier alpha value is -1.09. The van der Waals surface area contributed by atoms with E-state index in [0.717, 1.165) is 36.8 Å². The van der Waals surface area contributed by atoms with Gasteiger partial charge in [-0.25, -0.2) is 4.39 Å². The summed E-state index contributed by atoms with van der Waals surface area (Å²) in [4.78, 5) is 2.25. The van der Waals surface area contributed by atoms with Crippen molar-refractivity contribution in [3.8, 4) is 0 Å². The molecule has 3 heteroatoms. The van der Waals surface area contributed by atoms with Gasteiger partial charge in [0.15, 0.2) is 0 Å². The van der Waals surface area contributed by atoms with E-state index in [2.05, 4.69) is 37.9 Å². The molecule has 21 heavy (non-hydrogen) atoms. The molecule has 0 spiro atoms. The van der Waals surface area contributed by atoms with E-state index in [9.17, 15) is 4.39 Å². The van der Waals surface area contributed by atoms with Crippen LogP contribution in [0.15, 0.2) is 18.2 Å². The van der Waals surface area contributed by atoms with E-state index in [1.807, 2.05) is 12.1 Å². The molecular weight excluding hydrogens is 263 g/mol. The molecule has 2 rings (SSSR count). The average molecular weight is 292 g/mol. The van der Waals surface area contributed by atoms with E-state index < -0.39 is 0 Å². The Kier molecular flexibility index (Phi) is 5.63. The molecule has 0 aromatic heterocycles. The molecule has 0 unspecified atom stereocenters. The minimum atomic E-state index is -0.0896. The molecule has 0 bridgehead atoms. The number of benzene rings is 1. The van der Waals surface area contributed by atoms with Gasteiger partial charge in [-0.1, -0.05) is 26.0 Å². The van der Waals surface area contributed by atoms with Gasteiger partial charge in [-0.05, 0) is 56.7 Å². The van der Waals surface area contributed by atoms with E-state index in [1.54, 1.807) is 6.07 Å². The second-order valence-electron chi connectivity index (χ2n) is 6.96. The summed E-state index contributed by atoms with van der Waals surface area (Å²) in [6.07, 6.45) is 2.58. The summed E-state index contributed by atoms with van der Waals surface area (Å²) in [6, 6.07) is 5.78. The largest absolute Gasteiger partial charge is 0.366 e. The first-order chi connectivity index (χ1) is 9.99. The highest BCUT2D eigenvalue weighted by Gasteiger charge is 2.28. The maximum Gasteiger partial charge on any atom is 0.146 e. The van der Waals surface area contributed by atoms with Crippen molar-refractivity contribution >= 4 is 5.69 Å². The second kappa shape index (κ2) is 7.26. The van der Waals surface area contributed by atoms with Crippen LogP contribution in [-0.2, 0) is 6.54 Å². The predicted octanol–water partition coefficient (Wildman–Crippen LogP) is 4.20. The van der Waals surface area contributed by atoms with Crippen molar-refractivity contribution in [2.45, 2.75) is 53.1 Å². The van der Waals surface area contributed by atoms with Gasteiger partial charge >= 0.3 is 0 Å². The quantitative estimate of drug-likeness (QED) is 0.772. The molecule has 0 saturated heterocycles. The molecule has 1 N–H and O–H groups in total. The Morgan fingerprint density at radius 3 is 2.52 bits per heavy atom. The lowest BCUT2D eigenvalue weighted by Gasteiger charge is -2.31. The first kappa shape index (κ1) is 16.3. The number of hydrogen-bond donors (Lipinski definition) is 1. The predicted molar refractivity (Wildman–Crippen MR) is 88.2 cm³/mol. The Bertz CT molecular complexity index is 453. The number of halogens is 1. The van der Waals surface area contributed by atoms with Gasteiger partial charge in [-0.15, -0.1) is 0 Å². The molecule has 1 aliphatic carbocycles. The number of nitrogens with zero attached hydrogens (tertiary/aromatic N) is 1. The number of rotatable bonds is 8. The van der Waals surface area contributed by atoms with Crippen molar-refractivity contribution in [1.82, 2.24) is 5.32 Å². The molecule has 1 aliphatic rings. The van der Waals surface area contributed by atoms with Crippen molar-refractivity contribution in [3.63, 3.8) is 0 Å². The average Bonchev–Trinajstić information content (AvgIpc) is 3.20. The van der Waals surface area contributed by atoms with Crippen LogP contribution in [0.5, 0.6) is 0 Å². The van der Waals surface area contributed by atoms with E-state index in [-0.39, 0.29) is 5.82 Å². The van der Waals surface area contributed by atoms with Crippen LogP contribution in [0.2, 0.25) is 0 Å². The van der Waals surface area contributed by atoms with Crippen LogP contribution >= 0.6 is 0 Å². The SMILES string of the molecule is CC(C)CNCc1cccc(F)c1N(CC1CC1)C(C)C. The topological polar surface area (TPSA) is 15.3 Å². The number of hydrogen-bond acceptors (Lipinski definition) is 2. The molecule has 118 valence electrons. The van der Waals surface area contributed by atoms with Gasteiger partial charge in [-0.2, -0.15) is 0 Å². The van der Waals surface area contributed by atoms with Gasteiger partial charge in [0.2, 0.25) is 0 Å². The first-order valence-electron chi connectivity index (χ1n) is 8.23. The highest BCUT2D eigenvalue weighted by molar-refractivity contribution is 5.55. The molecular formula is C18H29FN2. The zero-order valence-corrected chi connectivity index (χ0v) is 13.8. The van der Waals surface area contributed by atoms with Gasteiger partial charge in [0.1, 0.15) is 5.82 Å². The summed E-state index contributed by atoms with van der Waals surface area (Å²) in [5, 5.41) is 3.44. The first-order valence-corrected chi connectivity index (χ1v) is 8.23. The van der Waals surface area contributed by atoms with Gasteiger partial charge in [0.25, 0.3) is 0 Å². The Balaban J connectivity index is 2.17. The van der Waals surface area contributed by atoms with E-state index in [0.29, 0.717) is 12.0 Å². The molecule has 0 atom stereocenters. The number of para-hydroxylation sites is 1. The highest BCUT2D eigenvalue weighted by Crippen LogP contribution is 2.34. The van der Waals surface area contributed by atoms with Crippen molar-refractivity contribution in [1.29, 1.82) is 0 Å². The van der Waals surface area contributed by atoms with Crippen LogP contribution in [0.3, 0.4) is 0 Å². The van der Waals surface area contributed by atoms with Crippen LogP contribution in [0.4, 0.5) is 10.1 Å². The minimum Gasteiger partial charge on any atom is -0.366 e. The Morgan fingerprint density at radius 2 is 1.95 bits per heavy atom. The molecule has 1 aromatic rings. The highest BCUT2D eigenvalue weighted by atomic mass is 19.1. The normalized spacial score (nSPS) is 15.0. The third-order valence-electron chi connectivity index (χ3n) is 4.00. The van der Waals surface area contributed by atoms with Crippen molar-refractivity contribution < 1.29 is 4.39 Å². The fourth-order valence-corrected chi connectivity index (χ4v) is 2.66. The summed E-state index contributed by atoms with van der Waals surface area (Å²) in [5.41, 5.74) is 1.88. The monoisotopic (exact) mass is 292 g/mol. The summed E-state index contributed by atoms with van der Waals surface area (Å²) < 4.78 is 14.4. The van der Waals surface area contributed by atoms with E-state index in [4.69, 9.17) is 0 Å². The summed E-state index contributed by atoms with van der Waals surface area (Å²) in [5.74, 6) is 1.27. The maximum atomic E-state index is 14.4. The molecule has 1 fully saturated rings. The summed E-state index contributed by atoms with van der Waals surface area (Å²) >= 11 is 0. The van der Waals surface area contributed by atoms with Gasteiger partial charge in [0.05, 0.1) is 5.69 Å². The van der Waals surface area contributed by atoms with Crippen molar-refractivity contribution in [2.75, 3.05) is 18.0 Å². The zero-order chi connectivity index (χ0) is 15.4. The van der Waals surface area contributed by atoms with Crippen LogP contribution in [-0.4, -0.2) is 19.1 Å². The molecule has 1 saturated carbocycles. The minimum absolute atomic E-state index is 0.0896. The van der Waals surface area contributed by atoms with E-state index in [1.165, 1.54) is 12.8 Å². The molecule has 0 amide bonds. The van der Waals surface area contributed by atoms with Gasteiger partial charge in [0, 0.05) is 19.1 Å². The third kappa shape index (κ3) is 4.70. The van der Waals surface area contributed by atoms with Crippen LogP contribution in [0.25, 0.3) is 0 Å². The lowest BCUT2D eigenvalue weighted by molar-refractivity contribution is 0.544. The summed E-state index contributed by atoms with van der Waals surface area (Å²) in [7, 11) is 0. The smallest absolute Gasteiger partial charge is 0.146 e. The van der Waals surface area contributed by atoms with Crippen molar-refractivity contribution in [3.05, 3.63) is 29.6 Å². The second-order valence-corrected chi connectivity index (χ2v) is 6.96. The Morgan fingerprint density at radius 1 is 1.24 bits per heavy atom. The van der Waals surface area contributed by atoms with Gasteiger partial charge < -0.3 is 10.2 Å². The lowest BCUT2D eigenvalue weighted by atomic mass is 10.1. The molecule has 1 aromatic carbocycles. The number of nitrogens with one attached hydrogen (secondary N) is 1. The molecule has 0 heterocycles. The van der Waals surface area contributed by atoms with Gasteiger partial charge in [-0.3, -0.25) is 0 Å². The van der Waals surface area contributed by atoms with E-state index >= 15 is 0 Å². The molecule has 0 aliphatic heterocycles.